The second kappa shape index (κ2) is 7.52. The minimum Gasteiger partial charge on any atom is -0.465 e. The van der Waals surface area contributed by atoms with Gasteiger partial charge in [0, 0.05) is 4.90 Å². The Bertz CT molecular complexity index is 593. The van der Waals surface area contributed by atoms with Crippen molar-refractivity contribution in [3.05, 3.63) is 46.2 Å². The average Bonchev–Trinajstić information content (AvgIpc) is 3.00. The van der Waals surface area contributed by atoms with Crippen LogP contribution in [0, 0.1) is 0 Å². The molecule has 1 unspecified atom stereocenters. The zero-order valence-corrected chi connectivity index (χ0v) is 14.0. The third-order valence-corrected chi connectivity index (χ3v) is 5.10. The van der Waals surface area contributed by atoms with E-state index in [0.717, 1.165) is 17.0 Å². The van der Waals surface area contributed by atoms with Crippen LogP contribution in [-0.2, 0) is 4.74 Å². The first kappa shape index (κ1) is 15.9. The number of nitrogens with one attached hydrogen (secondary N) is 1. The van der Waals surface area contributed by atoms with E-state index in [1.807, 2.05) is 11.4 Å². The van der Waals surface area contributed by atoms with Crippen LogP contribution in [-0.4, -0.2) is 13.1 Å². The van der Waals surface area contributed by atoms with E-state index >= 15 is 0 Å². The molecule has 1 atom stereocenters. The number of ether oxygens (including phenoxy) is 1. The molecule has 0 fully saturated rings. The first-order chi connectivity index (χ1) is 10.2. The maximum atomic E-state index is 11.6. The first-order valence-corrected chi connectivity index (χ1v) is 8.54. The van der Waals surface area contributed by atoms with E-state index in [4.69, 9.17) is 4.74 Å². The lowest BCUT2D eigenvalue weighted by atomic mass is 9.99. The highest BCUT2D eigenvalue weighted by atomic mass is 32.2. The van der Waals surface area contributed by atoms with Crippen molar-refractivity contribution in [2.24, 2.45) is 0 Å². The Morgan fingerprint density at radius 1 is 1.33 bits per heavy atom. The zero-order chi connectivity index (χ0) is 15.2. The molecule has 112 valence electrons. The van der Waals surface area contributed by atoms with Crippen LogP contribution in [0.3, 0.4) is 0 Å². The highest BCUT2D eigenvalue weighted by Crippen LogP contribution is 2.29. The summed E-state index contributed by atoms with van der Waals surface area (Å²) in [6, 6.07) is 10.4. The molecule has 1 N–H and O–H groups in total. The van der Waals surface area contributed by atoms with Gasteiger partial charge in [0.1, 0.15) is 4.88 Å². The fraction of sp³-hybridized carbons (Fsp3) is 0.312. The molecule has 1 aromatic carbocycles. The number of hydrogen-bond donors (Lipinski definition) is 1. The van der Waals surface area contributed by atoms with Crippen molar-refractivity contribution in [3.63, 3.8) is 0 Å². The van der Waals surface area contributed by atoms with Gasteiger partial charge in [0.15, 0.2) is 0 Å². The Kier molecular flexibility index (Phi) is 5.70. The summed E-state index contributed by atoms with van der Waals surface area (Å²) in [7, 11) is 1.40. The second-order valence-corrected chi connectivity index (χ2v) is 6.53. The van der Waals surface area contributed by atoms with E-state index in [2.05, 4.69) is 42.8 Å². The summed E-state index contributed by atoms with van der Waals surface area (Å²) >= 11 is 2.87. The molecule has 0 radical (unpaired) electrons. The third-order valence-electron chi connectivity index (χ3n) is 3.38. The fourth-order valence-corrected chi connectivity index (χ4v) is 3.35. The number of carbonyl (C=O) groups excluding carboxylic acids is 1. The van der Waals surface area contributed by atoms with E-state index in [1.54, 1.807) is 0 Å². The van der Waals surface area contributed by atoms with E-state index in [0.29, 0.717) is 10.8 Å². The highest BCUT2D eigenvalue weighted by Gasteiger charge is 2.13. The van der Waals surface area contributed by atoms with Gasteiger partial charge in [0.25, 0.3) is 0 Å². The number of thiophene rings is 1. The van der Waals surface area contributed by atoms with Gasteiger partial charge >= 0.3 is 5.97 Å². The van der Waals surface area contributed by atoms with Gasteiger partial charge in [-0.3, -0.25) is 0 Å². The van der Waals surface area contributed by atoms with Crippen LogP contribution in [0.5, 0.6) is 0 Å². The Morgan fingerprint density at radius 3 is 2.67 bits per heavy atom. The fourth-order valence-electron chi connectivity index (χ4n) is 1.85. The predicted octanol–water partition coefficient (Wildman–Crippen LogP) is 5.17. The molecular weight excluding hydrogens is 302 g/mol. The number of carbonyl (C=O) groups is 1. The Morgan fingerprint density at radius 2 is 2.05 bits per heavy atom. The molecule has 2 rings (SSSR count). The largest absolute Gasteiger partial charge is 0.465 e. The second-order valence-electron chi connectivity index (χ2n) is 4.74. The number of anilines is 1. The Hall–Kier alpha value is -1.46. The number of benzene rings is 1. The quantitative estimate of drug-likeness (QED) is 0.588. The molecule has 0 saturated heterocycles. The molecule has 0 spiro atoms. The normalized spacial score (nSPS) is 12.0. The van der Waals surface area contributed by atoms with Crippen LogP contribution in [0.15, 0.2) is 40.6 Å². The summed E-state index contributed by atoms with van der Waals surface area (Å²) in [4.78, 5) is 13.3. The summed E-state index contributed by atoms with van der Waals surface area (Å²) in [6.45, 7) is 4.42. The highest BCUT2D eigenvalue weighted by molar-refractivity contribution is 8.00. The van der Waals surface area contributed by atoms with Gasteiger partial charge in [-0.15, -0.1) is 11.3 Å². The van der Waals surface area contributed by atoms with Gasteiger partial charge in [-0.1, -0.05) is 26.0 Å². The molecule has 1 aromatic heterocycles. The van der Waals surface area contributed by atoms with Crippen molar-refractivity contribution in [3.8, 4) is 0 Å². The maximum absolute atomic E-state index is 11.6. The summed E-state index contributed by atoms with van der Waals surface area (Å²) in [5.74, 6) is 0.278. The van der Waals surface area contributed by atoms with Crippen molar-refractivity contribution >= 4 is 34.9 Å². The van der Waals surface area contributed by atoms with Crippen LogP contribution < -0.4 is 4.72 Å². The van der Waals surface area contributed by atoms with Crippen molar-refractivity contribution < 1.29 is 9.53 Å². The van der Waals surface area contributed by atoms with Crippen molar-refractivity contribution in [1.29, 1.82) is 0 Å². The summed E-state index contributed by atoms with van der Waals surface area (Å²) < 4.78 is 7.98. The van der Waals surface area contributed by atoms with Crippen LogP contribution in [0.25, 0.3) is 0 Å². The van der Waals surface area contributed by atoms with Gasteiger partial charge < -0.3 is 9.46 Å². The van der Waals surface area contributed by atoms with E-state index < -0.39 is 0 Å². The topological polar surface area (TPSA) is 38.3 Å². The maximum Gasteiger partial charge on any atom is 0.350 e. The lowest BCUT2D eigenvalue weighted by Crippen LogP contribution is -2.01. The average molecular weight is 321 g/mol. The Balaban J connectivity index is 2.00. The smallest absolute Gasteiger partial charge is 0.350 e. The SMILES string of the molecule is CCC(C)c1ccc(SNc2ccsc2C(=O)OC)cc1. The van der Waals surface area contributed by atoms with Crippen molar-refractivity contribution in [2.75, 3.05) is 11.8 Å². The van der Waals surface area contributed by atoms with Crippen LogP contribution >= 0.6 is 23.3 Å². The Labute approximate surface area is 133 Å². The van der Waals surface area contributed by atoms with Gasteiger partial charge in [-0.05, 0) is 53.4 Å². The monoisotopic (exact) mass is 321 g/mol. The van der Waals surface area contributed by atoms with Crippen LogP contribution in [0.2, 0.25) is 0 Å². The molecule has 0 amide bonds. The zero-order valence-electron chi connectivity index (χ0n) is 12.4. The standard InChI is InChI=1S/C16H19NO2S2/c1-4-11(2)12-5-7-13(8-6-12)21-17-14-9-10-20-15(14)16(18)19-3/h5-11,17H,4H2,1-3H3. The molecule has 3 nitrogen and oxygen atoms in total. The first-order valence-electron chi connectivity index (χ1n) is 6.84. The molecule has 5 heteroatoms. The molecule has 0 aliphatic carbocycles. The molecule has 2 aromatic rings. The van der Waals surface area contributed by atoms with Gasteiger partial charge in [0.2, 0.25) is 0 Å². The lowest BCUT2D eigenvalue weighted by molar-refractivity contribution is 0.0607. The molecule has 0 aliphatic rings. The van der Waals surface area contributed by atoms with Gasteiger partial charge in [-0.25, -0.2) is 4.79 Å². The summed E-state index contributed by atoms with van der Waals surface area (Å²) in [5.41, 5.74) is 2.15. The molecule has 1 heterocycles. The van der Waals surface area contributed by atoms with Crippen molar-refractivity contribution in [2.45, 2.75) is 31.1 Å². The van der Waals surface area contributed by atoms with Gasteiger partial charge in [0.05, 0.1) is 12.8 Å². The molecule has 21 heavy (non-hydrogen) atoms. The van der Waals surface area contributed by atoms with E-state index in [9.17, 15) is 4.79 Å². The number of hydrogen-bond acceptors (Lipinski definition) is 5. The van der Waals surface area contributed by atoms with Crippen molar-refractivity contribution in [1.82, 2.24) is 0 Å². The third kappa shape index (κ3) is 4.02. The summed E-state index contributed by atoms with van der Waals surface area (Å²) in [5, 5.41) is 1.88. The van der Waals surface area contributed by atoms with Crippen LogP contribution in [0.1, 0.15) is 41.4 Å². The molecular formula is C16H19NO2S2. The number of methoxy groups -OCH3 is 1. The molecule has 0 bridgehead atoms. The van der Waals surface area contributed by atoms with Gasteiger partial charge in [-0.2, -0.15) is 0 Å². The van der Waals surface area contributed by atoms with E-state index in [-0.39, 0.29) is 5.97 Å². The minimum atomic E-state index is -0.305. The minimum absolute atomic E-state index is 0.305. The number of rotatable bonds is 6. The number of esters is 1. The van der Waals surface area contributed by atoms with E-state index in [1.165, 1.54) is 36.0 Å². The molecule has 0 saturated carbocycles. The summed E-state index contributed by atoms with van der Waals surface area (Å²) in [6.07, 6.45) is 1.14. The lowest BCUT2D eigenvalue weighted by Gasteiger charge is -2.10. The van der Waals surface area contributed by atoms with Crippen LogP contribution in [0.4, 0.5) is 5.69 Å². The predicted molar refractivity (Wildman–Crippen MR) is 90.3 cm³/mol. The molecule has 0 aliphatic heterocycles.